The van der Waals surface area contributed by atoms with E-state index in [1.807, 2.05) is 36.4 Å². The number of thiazole rings is 1. The minimum absolute atomic E-state index is 0.0734. The summed E-state index contributed by atoms with van der Waals surface area (Å²) in [6.45, 7) is 0.161. The third kappa shape index (κ3) is 4.29. The monoisotopic (exact) mass is 511 g/mol. The molecule has 1 atom stereocenters. The van der Waals surface area contributed by atoms with Gasteiger partial charge in [-0.05, 0) is 34.4 Å². The molecule has 3 aromatic carbocycles. The molecule has 0 radical (unpaired) electrons. The molecular weight excluding hydrogens is 493 g/mol. The third-order valence-electron chi connectivity index (χ3n) is 6.05. The number of hydrogen-bond acceptors (Lipinski definition) is 5. The number of ether oxygens (including phenoxy) is 1. The Hall–Kier alpha value is -2.93. The van der Waals surface area contributed by atoms with Crippen LogP contribution in [0.4, 0.5) is 0 Å². The SMILES string of the molecule is O=C(C[C@@H](Cc1nc2ccc(Cl)c(Cl)c2s1)C(=O)O)OCC1c2ccccc2-c2ccccc21. The molecule has 172 valence electrons. The molecule has 1 heterocycles. The highest BCUT2D eigenvalue weighted by Gasteiger charge is 2.30. The van der Waals surface area contributed by atoms with Crippen LogP contribution in [0, 0.1) is 5.92 Å². The smallest absolute Gasteiger partial charge is 0.307 e. The molecule has 0 saturated carbocycles. The van der Waals surface area contributed by atoms with Gasteiger partial charge in [0, 0.05) is 12.3 Å². The number of benzene rings is 3. The van der Waals surface area contributed by atoms with E-state index in [2.05, 4.69) is 17.1 Å². The van der Waals surface area contributed by atoms with Crippen molar-refractivity contribution in [3.05, 3.63) is 86.8 Å². The van der Waals surface area contributed by atoms with Gasteiger partial charge in [0.15, 0.2) is 0 Å². The van der Waals surface area contributed by atoms with Gasteiger partial charge >= 0.3 is 11.9 Å². The maximum Gasteiger partial charge on any atom is 0.307 e. The maximum absolute atomic E-state index is 12.7. The lowest BCUT2D eigenvalue weighted by molar-refractivity contribution is -0.151. The van der Waals surface area contributed by atoms with Crippen molar-refractivity contribution >= 4 is 56.7 Å². The molecule has 1 N–H and O–H groups in total. The van der Waals surface area contributed by atoms with Gasteiger partial charge in [0.25, 0.3) is 0 Å². The lowest BCUT2D eigenvalue weighted by atomic mass is 9.98. The molecule has 0 unspecified atom stereocenters. The summed E-state index contributed by atoms with van der Waals surface area (Å²) in [5, 5.41) is 11.1. The second-order valence-electron chi connectivity index (χ2n) is 8.17. The number of fused-ring (bicyclic) bond motifs is 4. The number of halogens is 2. The summed E-state index contributed by atoms with van der Waals surface area (Å²) in [7, 11) is 0. The van der Waals surface area contributed by atoms with E-state index >= 15 is 0 Å². The second-order valence-corrected chi connectivity index (χ2v) is 10.0. The quantitative estimate of drug-likeness (QED) is 0.283. The Balaban J connectivity index is 1.28. The molecule has 5 rings (SSSR count). The number of aromatic nitrogens is 1. The van der Waals surface area contributed by atoms with Crippen LogP contribution in [0.1, 0.15) is 28.5 Å². The van der Waals surface area contributed by atoms with Crippen LogP contribution in [0.25, 0.3) is 21.3 Å². The molecule has 4 aromatic rings. The topological polar surface area (TPSA) is 76.5 Å². The lowest BCUT2D eigenvalue weighted by Gasteiger charge is -2.15. The van der Waals surface area contributed by atoms with Gasteiger partial charge in [0.1, 0.15) is 6.61 Å². The zero-order chi connectivity index (χ0) is 23.8. The van der Waals surface area contributed by atoms with Gasteiger partial charge in [-0.15, -0.1) is 11.3 Å². The van der Waals surface area contributed by atoms with E-state index in [0.29, 0.717) is 25.3 Å². The van der Waals surface area contributed by atoms with Crippen LogP contribution in [-0.4, -0.2) is 28.6 Å². The highest BCUT2D eigenvalue weighted by Crippen LogP contribution is 2.44. The summed E-state index contributed by atoms with van der Waals surface area (Å²) in [5.74, 6) is -2.64. The molecule has 0 amide bonds. The van der Waals surface area contributed by atoms with Crippen molar-refractivity contribution in [1.29, 1.82) is 0 Å². The molecule has 0 bridgehead atoms. The summed E-state index contributed by atoms with van der Waals surface area (Å²) in [6, 6.07) is 19.5. The molecule has 0 saturated heterocycles. The summed E-state index contributed by atoms with van der Waals surface area (Å²) < 4.78 is 6.30. The first-order valence-corrected chi connectivity index (χ1v) is 12.3. The molecule has 1 aliphatic rings. The number of hydrogen-bond donors (Lipinski definition) is 1. The predicted octanol–water partition coefficient (Wildman–Crippen LogP) is 6.59. The van der Waals surface area contributed by atoms with Crippen molar-refractivity contribution in [2.24, 2.45) is 5.92 Å². The Morgan fingerprint density at radius 3 is 2.29 bits per heavy atom. The Morgan fingerprint density at radius 1 is 1.00 bits per heavy atom. The molecule has 1 aromatic heterocycles. The maximum atomic E-state index is 12.7. The molecule has 5 nitrogen and oxygen atoms in total. The first-order valence-electron chi connectivity index (χ1n) is 10.7. The van der Waals surface area contributed by atoms with Gasteiger partial charge in [0.2, 0.25) is 0 Å². The first-order chi connectivity index (χ1) is 16.4. The van der Waals surface area contributed by atoms with Crippen molar-refractivity contribution in [3.8, 4) is 11.1 Å². The van der Waals surface area contributed by atoms with Crippen molar-refractivity contribution < 1.29 is 19.4 Å². The van der Waals surface area contributed by atoms with Crippen LogP contribution in [0.2, 0.25) is 10.0 Å². The Labute approximate surface area is 209 Å². The van der Waals surface area contributed by atoms with Gasteiger partial charge in [-0.2, -0.15) is 0 Å². The van der Waals surface area contributed by atoms with Crippen LogP contribution >= 0.6 is 34.5 Å². The first kappa shape index (κ1) is 22.8. The number of carboxylic acids is 1. The van der Waals surface area contributed by atoms with E-state index < -0.39 is 17.9 Å². The lowest BCUT2D eigenvalue weighted by Crippen LogP contribution is -2.22. The fourth-order valence-corrected chi connectivity index (χ4v) is 5.97. The summed E-state index contributed by atoms with van der Waals surface area (Å²) >= 11 is 13.6. The number of carbonyl (C=O) groups excluding carboxylic acids is 1. The average Bonchev–Trinajstić information content (AvgIpc) is 3.39. The summed E-state index contributed by atoms with van der Waals surface area (Å²) in [5.41, 5.74) is 5.14. The van der Waals surface area contributed by atoms with E-state index in [1.165, 1.54) is 11.3 Å². The molecule has 0 fully saturated rings. The Bertz CT molecular complexity index is 1370. The Kier molecular flexibility index (Phi) is 6.30. The largest absolute Gasteiger partial charge is 0.481 e. The van der Waals surface area contributed by atoms with Crippen LogP contribution in [0.5, 0.6) is 0 Å². The van der Waals surface area contributed by atoms with Crippen LogP contribution in [-0.2, 0) is 20.7 Å². The van der Waals surface area contributed by atoms with Gasteiger partial charge in [0.05, 0.1) is 37.6 Å². The summed E-state index contributed by atoms with van der Waals surface area (Å²) in [6.07, 6.45) is -0.136. The normalized spacial score (nSPS) is 13.5. The van der Waals surface area contributed by atoms with Gasteiger partial charge in [-0.25, -0.2) is 4.98 Å². The minimum atomic E-state index is -1.07. The van der Waals surface area contributed by atoms with Crippen LogP contribution in [0.15, 0.2) is 60.7 Å². The molecule has 0 spiro atoms. The van der Waals surface area contributed by atoms with Crippen molar-refractivity contribution in [2.75, 3.05) is 6.61 Å². The standard InChI is InChI=1S/C26H19Cl2NO4S/c27-20-9-10-21-25(24(20)28)34-22(29-21)11-14(26(31)32)12-23(30)33-13-19-17-7-3-1-5-15(17)16-6-2-4-8-18(16)19/h1-10,14,19H,11-13H2,(H,31,32)/t14-/m1/s1. The van der Waals surface area contributed by atoms with Crippen LogP contribution in [0.3, 0.4) is 0 Å². The van der Waals surface area contributed by atoms with Gasteiger partial charge in [-0.1, -0.05) is 71.7 Å². The van der Waals surface area contributed by atoms with Gasteiger partial charge in [-0.3, -0.25) is 9.59 Å². The fourth-order valence-electron chi connectivity index (χ4n) is 4.40. The van der Waals surface area contributed by atoms with Crippen LogP contribution < -0.4 is 0 Å². The number of carbonyl (C=O) groups is 2. The van der Waals surface area contributed by atoms with Crippen molar-refractivity contribution in [1.82, 2.24) is 4.98 Å². The molecule has 1 aliphatic carbocycles. The van der Waals surface area contributed by atoms with E-state index in [0.717, 1.165) is 22.3 Å². The highest BCUT2D eigenvalue weighted by atomic mass is 35.5. The number of esters is 1. The number of carboxylic acid groups (broad SMARTS) is 1. The molecule has 34 heavy (non-hydrogen) atoms. The Morgan fingerprint density at radius 2 is 1.65 bits per heavy atom. The summed E-state index contributed by atoms with van der Waals surface area (Å²) in [4.78, 5) is 29.0. The average molecular weight is 512 g/mol. The third-order valence-corrected chi connectivity index (χ3v) is 8.08. The minimum Gasteiger partial charge on any atom is -0.481 e. The molecule has 8 heteroatoms. The molecule has 0 aliphatic heterocycles. The zero-order valence-corrected chi connectivity index (χ0v) is 20.2. The predicted molar refractivity (Wildman–Crippen MR) is 134 cm³/mol. The fraction of sp³-hybridized carbons (Fsp3) is 0.192. The second kappa shape index (κ2) is 9.37. The van der Waals surface area contributed by atoms with Crippen molar-refractivity contribution in [2.45, 2.75) is 18.8 Å². The zero-order valence-electron chi connectivity index (χ0n) is 17.8. The van der Waals surface area contributed by atoms with E-state index in [4.69, 9.17) is 27.9 Å². The highest BCUT2D eigenvalue weighted by molar-refractivity contribution is 7.19. The number of nitrogens with zero attached hydrogens (tertiary/aromatic N) is 1. The van der Waals surface area contributed by atoms with Gasteiger partial charge < -0.3 is 9.84 Å². The number of rotatable bonds is 7. The van der Waals surface area contributed by atoms with E-state index in [-0.39, 0.29) is 25.4 Å². The van der Waals surface area contributed by atoms with Crippen molar-refractivity contribution in [3.63, 3.8) is 0 Å². The van der Waals surface area contributed by atoms with E-state index in [1.54, 1.807) is 12.1 Å². The molecular formula is C26H19Cl2NO4S. The van der Waals surface area contributed by atoms with E-state index in [9.17, 15) is 14.7 Å². The number of aliphatic carboxylic acids is 1.